The zero-order valence-corrected chi connectivity index (χ0v) is 18.2. The summed E-state index contributed by atoms with van der Waals surface area (Å²) in [6.07, 6.45) is 6.10. The SMILES string of the molecule is Cc1cc(F)c(-c2nc(C(=O)Nc3cnn(C)c3N3CCCCCC3)c(N)s2)c(F)c1. The summed E-state index contributed by atoms with van der Waals surface area (Å²) in [4.78, 5) is 19.3. The van der Waals surface area contributed by atoms with E-state index in [1.54, 1.807) is 17.8 Å². The van der Waals surface area contributed by atoms with Gasteiger partial charge in [0, 0.05) is 20.1 Å². The molecule has 1 fully saturated rings. The van der Waals surface area contributed by atoms with E-state index in [0.29, 0.717) is 11.3 Å². The first-order chi connectivity index (χ1) is 14.8. The van der Waals surface area contributed by atoms with Crippen molar-refractivity contribution in [3.8, 4) is 10.6 Å². The van der Waals surface area contributed by atoms with Gasteiger partial charge in [0.15, 0.2) is 11.5 Å². The third-order valence-electron chi connectivity index (χ3n) is 5.33. The number of carbonyl (C=O) groups excluding carboxylic acids is 1. The lowest BCUT2D eigenvalue weighted by Crippen LogP contribution is -2.27. The summed E-state index contributed by atoms with van der Waals surface area (Å²) in [5.74, 6) is -1.21. The van der Waals surface area contributed by atoms with Gasteiger partial charge < -0.3 is 16.0 Å². The van der Waals surface area contributed by atoms with Crippen LogP contribution in [-0.2, 0) is 7.05 Å². The van der Waals surface area contributed by atoms with Gasteiger partial charge in [-0.15, -0.1) is 0 Å². The molecule has 1 saturated heterocycles. The zero-order valence-electron chi connectivity index (χ0n) is 17.4. The third kappa shape index (κ3) is 4.25. The van der Waals surface area contributed by atoms with E-state index in [9.17, 15) is 13.6 Å². The Hall–Kier alpha value is -3.01. The number of hydrogen-bond acceptors (Lipinski definition) is 6. The van der Waals surface area contributed by atoms with Crippen LogP contribution >= 0.6 is 11.3 Å². The number of nitrogens with two attached hydrogens (primary N) is 1. The Bertz CT molecular complexity index is 1090. The van der Waals surface area contributed by atoms with Crippen LogP contribution in [0.1, 0.15) is 41.7 Å². The highest BCUT2D eigenvalue weighted by molar-refractivity contribution is 7.19. The van der Waals surface area contributed by atoms with Crippen LogP contribution in [0.4, 0.5) is 25.3 Å². The summed E-state index contributed by atoms with van der Waals surface area (Å²) < 4.78 is 30.4. The molecule has 164 valence electrons. The van der Waals surface area contributed by atoms with Gasteiger partial charge in [-0.05, 0) is 37.5 Å². The number of nitrogens with one attached hydrogen (secondary N) is 1. The van der Waals surface area contributed by atoms with E-state index in [-0.39, 0.29) is 21.3 Å². The minimum absolute atomic E-state index is 0.0246. The van der Waals surface area contributed by atoms with Gasteiger partial charge in [-0.1, -0.05) is 24.2 Å². The van der Waals surface area contributed by atoms with Crippen LogP contribution < -0.4 is 16.0 Å². The van der Waals surface area contributed by atoms with Crippen LogP contribution in [0.5, 0.6) is 0 Å². The number of amides is 1. The van der Waals surface area contributed by atoms with E-state index >= 15 is 0 Å². The van der Waals surface area contributed by atoms with Crippen LogP contribution in [0.25, 0.3) is 10.6 Å². The zero-order chi connectivity index (χ0) is 22.1. The number of hydrogen-bond donors (Lipinski definition) is 2. The molecule has 3 aromatic rings. The largest absolute Gasteiger partial charge is 0.389 e. The third-order valence-corrected chi connectivity index (χ3v) is 6.23. The van der Waals surface area contributed by atoms with Crippen LogP contribution in [0, 0.1) is 18.6 Å². The molecular formula is C21H24F2N6OS. The predicted molar refractivity (Wildman–Crippen MR) is 118 cm³/mol. The monoisotopic (exact) mass is 446 g/mol. The lowest BCUT2D eigenvalue weighted by molar-refractivity contribution is 0.102. The smallest absolute Gasteiger partial charge is 0.277 e. The Balaban J connectivity index is 1.61. The summed E-state index contributed by atoms with van der Waals surface area (Å²) in [6, 6.07) is 2.44. The first kappa shape index (κ1) is 21.2. The first-order valence-corrected chi connectivity index (χ1v) is 11.0. The summed E-state index contributed by atoms with van der Waals surface area (Å²) >= 11 is 0.875. The van der Waals surface area contributed by atoms with Gasteiger partial charge in [0.05, 0.1) is 11.8 Å². The summed E-state index contributed by atoms with van der Waals surface area (Å²) in [7, 11) is 1.83. The minimum Gasteiger partial charge on any atom is -0.389 e. The van der Waals surface area contributed by atoms with Crippen LogP contribution in [0.3, 0.4) is 0 Å². The molecule has 0 radical (unpaired) electrons. The fourth-order valence-corrected chi connectivity index (χ4v) is 4.74. The van der Waals surface area contributed by atoms with E-state index in [1.807, 2.05) is 7.05 Å². The van der Waals surface area contributed by atoms with Crippen LogP contribution in [-0.4, -0.2) is 33.8 Å². The number of rotatable bonds is 4. The van der Waals surface area contributed by atoms with Crippen molar-refractivity contribution in [3.63, 3.8) is 0 Å². The molecule has 0 unspecified atom stereocenters. The second kappa shape index (κ2) is 8.62. The highest BCUT2D eigenvalue weighted by atomic mass is 32.1. The average molecular weight is 447 g/mol. The minimum atomic E-state index is -0.742. The highest BCUT2D eigenvalue weighted by Crippen LogP contribution is 2.35. The maximum absolute atomic E-state index is 14.3. The summed E-state index contributed by atoms with van der Waals surface area (Å²) in [5.41, 5.74) is 6.65. The Morgan fingerprint density at radius 2 is 1.81 bits per heavy atom. The fraction of sp³-hybridized carbons (Fsp3) is 0.381. The molecule has 0 bridgehead atoms. The normalized spacial score (nSPS) is 14.5. The Morgan fingerprint density at radius 1 is 1.16 bits per heavy atom. The molecule has 3 N–H and O–H groups in total. The van der Waals surface area contributed by atoms with Gasteiger partial charge in [-0.2, -0.15) is 5.10 Å². The molecule has 1 aliphatic rings. The maximum atomic E-state index is 14.3. The average Bonchev–Trinajstić information content (AvgIpc) is 3.12. The quantitative estimate of drug-likeness (QED) is 0.622. The van der Waals surface area contributed by atoms with Gasteiger partial charge in [-0.25, -0.2) is 13.8 Å². The molecule has 10 heteroatoms. The van der Waals surface area contributed by atoms with Crippen LogP contribution in [0.15, 0.2) is 18.3 Å². The molecule has 4 rings (SSSR count). The van der Waals surface area contributed by atoms with Gasteiger partial charge >= 0.3 is 0 Å². The maximum Gasteiger partial charge on any atom is 0.277 e. The van der Waals surface area contributed by atoms with Crippen molar-refractivity contribution in [1.82, 2.24) is 14.8 Å². The summed E-state index contributed by atoms with van der Waals surface area (Å²) in [5, 5.41) is 7.22. The summed E-state index contributed by atoms with van der Waals surface area (Å²) in [6.45, 7) is 3.37. The number of anilines is 3. The Labute approximate surface area is 182 Å². The molecule has 0 spiro atoms. The van der Waals surface area contributed by atoms with Crippen molar-refractivity contribution in [2.24, 2.45) is 7.05 Å². The molecule has 1 aliphatic heterocycles. The van der Waals surface area contributed by atoms with Crippen molar-refractivity contribution >= 4 is 33.8 Å². The number of nitrogen functional groups attached to an aromatic ring is 1. The van der Waals surface area contributed by atoms with Crippen molar-refractivity contribution in [2.45, 2.75) is 32.6 Å². The van der Waals surface area contributed by atoms with Crippen molar-refractivity contribution in [2.75, 3.05) is 29.0 Å². The molecular weight excluding hydrogens is 422 g/mol. The molecule has 3 heterocycles. The van der Waals surface area contributed by atoms with Gasteiger partial charge in [0.1, 0.15) is 27.3 Å². The molecule has 1 aromatic carbocycles. The number of halogens is 2. The number of thiazole rings is 1. The second-order valence-corrected chi connectivity index (χ2v) is 8.73. The van der Waals surface area contributed by atoms with Crippen molar-refractivity contribution in [3.05, 3.63) is 41.2 Å². The topological polar surface area (TPSA) is 89.1 Å². The number of benzene rings is 1. The predicted octanol–water partition coefficient (Wildman–Crippen LogP) is 4.35. The highest BCUT2D eigenvalue weighted by Gasteiger charge is 2.24. The standard InChI is InChI=1S/C21H24F2N6OS/c1-12-9-13(22)16(14(23)10-12)20-27-17(18(24)31-20)19(30)26-15-11-25-28(2)21(15)29-7-5-3-4-6-8-29/h9-11H,3-8,24H2,1-2H3,(H,26,30). The van der Waals surface area contributed by atoms with E-state index in [4.69, 9.17) is 5.73 Å². The number of aryl methyl sites for hydroxylation is 2. The van der Waals surface area contributed by atoms with Crippen LogP contribution in [0.2, 0.25) is 0 Å². The molecule has 1 amide bonds. The van der Waals surface area contributed by atoms with Gasteiger partial charge in [0.25, 0.3) is 5.91 Å². The van der Waals surface area contributed by atoms with Crippen molar-refractivity contribution < 1.29 is 13.6 Å². The Kier molecular flexibility index (Phi) is 5.90. The van der Waals surface area contributed by atoms with E-state index in [1.165, 1.54) is 25.0 Å². The van der Waals surface area contributed by atoms with Gasteiger partial charge in [-0.3, -0.25) is 9.48 Å². The molecule has 0 aliphatic carbocycles. The van der Waals surface area contributed by atoms with E-state index < -0.39 is 17.5 Å². The lowest BCUT2D eigenvalue weighted by atomic mass is 10.1. The van der Waals surface area contributed by atoms with E-state index in [0.717, 1.165) is 43.1 Å². The first-order valence-electron chi connectivity index (χ1n) is 10.2. The molecule has 0 atom stereocenters. The number of carbonyl (C=O) groups is 1. The number of nitrogens with zero attached hydrogens (tertiary/aromatic N) is 4. The van der Waals surface area contributed by atoms with Crippen molar-refractivity contribution in [1.29, 1.82) is 0 Å². The van der Waals surface area contributed by atoms with E-state index in [2.05, 4.69) is 20.3 Å². The van der Waals surface area contributed by atoms with Gasteiger partial charge in [0.2, 0.25) is 0 Å². The molecule has 0 saturated carbocycles. The number of aromatic nitrogens is 3. The fourth-order valence-electron chi connectivity index (χ4n) is 3.86. The second-order valence-electron chi connectivity index (χ2n) is 7.70. The Morgan fingerprint density at radius 3 is 2.45 bits per heavy atom. The molecule has 31 heavy (non-hydrogen) atoms. The molecule has 7 nitrogen and oxygen atoms in total. The molecule has 2 aromatic heterocycles. The lowest BCUT2D eigenvalue weighted by Gasteiger charge is -2.23.